The summed E-state index contributed by atoms with van der Waals surface area (Å²) in [5.74, 6) is 0.582. The van der Waals surface area contributed by atoms with Crippen molar-refractivity contribution < 1.29 is 9.53 Å². The van der Waals surface area contributed by atoms with Crippen LogP contribution in [0.2, 0.25) is 0 Å². The maximum atomic E-state index is 11.5. The van der Waals surface area contributed by atoms with Crippen LogP contribution in [0.15, 0.2) is 0 Å². The highest BCUT2D eigenvalue weighted by molar-refractivity contribution is 5.84. The molecule has 1 unspecified atom stereocenters. The molecule has 0 aromatic heterocycles. The quantitative estimate of drug-likeness (QED) is 0.504. The number of ether oxygens (including phenoxy) is 1. The molecule has 1 rings (SSSR count). The standard InChI is InChI=1S/C16H33N3O2/c1-4-18-16(2,15(17)20)9-5-6-10-19(3)11-12-21-13-14-7-8-14/h14,18H,4-13H2,1-3H3,(H2,17,20). The number of nitrogens with one attached hydrogen (secondary N) is 1. The van der Waals surface area contributed by atoms with Crippen LogP contribution in [0.3, 0.4) is 0 Å². The summed E-state index contributed by atoms with van der Waals surface area (Å²) in [6.45, 7) is 8.43. The van der Waals surface area contributed by atoms with E-state index >= 15 is 0 Å². The number of nitrogens with two attached hydrogens (primary N) is 1. The van der Waals surface area contributed by atoms with E-state index in [2.05, 4.69) is 17.3 Å². The number of amides is 1. The lowest BCUT2D eigenvalue weighted by Gasteiger charge is -2.27. The fourth-order valence-corrected chi connectivity index (χ4v) is 2.42. The Labute approximate surface area is 129 Å². The van der Waals surface area contributed by atoms with Gasteiger partial charge in [-0.1, -0.05) is 6.92 Å². The van der Waals surface area contributed by atoms with E-state index in [0.717, 1.165) is 58.0 Å². The van der Waals surface area contributed by atoms with Crippen molar-refractivity contribution in [2.75, 3.05) is 39.9 Å². The maximum absolute atomic E-state index is 11.5. The van der Waals surface area contributed by atoms with E-state index in [1.807, 2.05) is 13.8 Å². The number of carbonyl (C=O) groups is 1. The number of hydrogen-bond donors (Lipinski definition) is 2. The monoisotopic (exact) mass is 299 g/mol. The highest BCUT2D eigenvalue weighted by atomic mass is 16.5. The van der Waals surface area contributed by atoms with Crippen molar-refractivity contribution in [3.63, 3.8) is 0 Å². The van der Waals surface area contributed by atoms with Crippen LogP contribution >= 0.6 is 0 Å². The van der Waals surface area contributed by atoms with Crippen LogP contribution in [0.5, 0.6) is 0 Å². The lowest BCUT2D eigenvalue weighted by Crippen LogP contribution is -2.53. The molecule has 5 heteroatoms. The van der Waals surface area contributed by atoms with E-state index in [0.29, 0.717) is 0 Å². The highest BCUT2D eigenvalue weighted by Gasteiger charge is 2.28. The van der Waals surface area contributed by atoms with E-state index in [9.17, 15) is 4.79 Å². The summed E-state index contributed by atoms with van der Waals surface area (Å²) in [5.41, 5.74) is 4.91. The third kappa shape index (κ3) is 7.79. The van der Waals surface area contributed by atoms with Crippen LogP contribution in [0, 0.1) is 5.92 Å². The van der Waals surface area contributed by atoms with Gasteiger partial charge in [0.05, 0.1) is 12.1 Å². The first kappa shape index (κ1) is 18.4. The van der Waals surface area contributed by atoms with Crippen molar-refractivity contribution in [3.05, 3.63) is 0 Å². The van der Waals surface area contributed by atoms with Gasteiger partial charge in [-0.15, -0.1) is 0 Å². The lowest BCUT2D eigenvalue weighted by molar-refractivity contribution is -0.124. The molecule has 3 N–H and O–H groups in total. The molecule has 21 heavy (non-hydrogen) atoms. The van der Waals surface area contributed by atoms with Gasteiger partial charge in [-0.25, -0.2) is 0 Å². The van der Waals surface area contributed by atoms with Gasteiger partial charge in [-0.2, -0.15) is 0 Å². The minimum Gasteiger partial charge on any atom is -0.380 e. The molecular formula is C16H33N3O2. The molecule has 1 aliphatic rings. The smallest absolute Gasteiger partial charge is 0.237 e. The molecule has 1 aliphatic carbocycles. The molecular weight excluding hydrogens is 266 g/mol. The van der Waals surface area contributed by atoms with E-state index in [1.165, 1.54) is 12.8 Å². The second-order valence-electron chi connectivity index (χ2n) is 6.51. The largest absolute Gasteiger partial charge is 0.380 e. The van der Waals surface area contributed by atoms with E-state index in [-0.39, 0.29) is 5.91 Å². The van der Waals surface area contributed by atoms with E-state index in [4.69, 9.17) is 10.5 Å². The summed E-state index contributed by atoms with van der Waals surface area (Å²) in [5, 5.41) is 3.20. The number of likely N-dealkylation sites (N-methyl/N-ethyl adjacent to an activating group) is 2. The average molecular weight is 299 g/mol. The van der Waals surface area contributed by atoms with Gasteiger partial charge in [0, 0.05) is 13.2 Å². The minimum absolute atomic E-state index is 0.258. The molecule has 0 aromatic rings. The van der Waals surface area contributed by atoms with Crippen LogP contribution in [0.25, 0.3) is 0 Å². The number of unbranched alkanes of at least 4 members (excludes halogenated alkanes) is 1. The molecule has 5 nitrogen and oxygen atoms in total. The van der Waals surface area contributed by atoms with Gasteiger partial charge in [0.15, 0.2) is 0 Å². The average Bonchev–Trinajstić information content (AvgIpc) is 3.24. The SMILES string of the molecule is CCNC(C)(CCCCN(C)CCOCC1CC1)C(N)=O. The first-order chi connectivity index (χ1) is 9.98. The Morgan fingerprint density at radius 2 is 2.10 bits per heavy atom. The molecule has 0 aromatic carbocycles. The number of hydrogen-bond acceptors (Lipinski definition) is 4. The fraction of sp³-hybridized carbons (Fsp3) is 0.938. The van der Waals surface area contributed by atoms with Crippen molar-refractivity contribution in [2.45, 2.75) is 51.5 Å². The van der Waals surface area contributed by atoms with Crippen molar-refractivity contribution in [2.24, 2.45) is 11.7 Å². The van der Waals surface area contributed by atoms with Gasteiger partial charge in [-0.3, -0.25) is 4.79 Å². The third-order valence-corrected chi connectivity index (χ3v) is 4.25. The topological polar surface area (TPSA) is 67.6 Å². The van der Waals surface area contributed by atoms with Gasteiger partial charge in [0.1, 0.15) is 0 Å². The van der Waals surface area contributed by atoms with Gasteiger partial charge in [-0.05, 0) is 65.1 Å². The first-order valence-corrected chi connectivity index (χ1v) is 8.29. The molecule has 0 radical (unpaired) electrons. The van der Waals surface area contributed by atoms with Gasteiger partial charge in [0.25, 0.3) is 0 Å². The predicted molar refractivity (Wildman–Crippen MR) is 86.2 cm³/mol. The number of carbonyl (C=O) groups excluding carboxylic acids is 1. The Morgan fingerprint density at radius 1 is 1.38 bits per heavy atom. The van der Waals surface area contributed by atoms with Crippen molar-refractivity contribution in [1.29, 1.82) is 0 Å². The summed E-state index contributed by atoms with van der Waals surface area (Å²) >= 11 is 0. The Hall–Kier alpha value is -0.650. The van der Waals surface area contributed by atoms with Crippen LogP contribution in [0.1, 0.15) is 46.0 Å². The predicted octanol–water partition coefficient (Wildman–Crippen LogP) is 1.37. The number of primary amides is 1. The first-order valence-electron chi connectivity index (χ1n) is 8.29. The Kier molecular flexibility index (Phi) is 8.22. The summed E-state index contributed by atoms with van der Waals surface area (Å²) in [6.07, 6.45) is 5.57. The Morgan fingerprint density at radius 3 is 2.67 bits per heavy atom. The molecule has 1 atom stereocenters. The van der Waals surface area contributed by atoms with Crippen LogP contribution < -0.4 is 11.1 Å². The van der Waals surface area contributed by atoms with Crippen LogP contribution in [-0.2, 0) is 9.53 Å². The summed E-state index contributed by atoms with van der Waals surface area (Å²) in [4.78, 5) is 13.8. The zero-order valence-corrected chi connectivity index (χ0v) is 14.0. The van der Waals surface area contributed by atoms with Crippen LogP contribution in [0.4, 0.5) is 0 Å². The molecule has 1 fully saturated rings. The van der Waals surface area contributed by atoms with E-state index in [1.54, 1.807) is 0 Å². The van der Waals surface area contributed by atoms with Gasteiger partial charge >= 0.3 is 0 Å². The molecule has 0 heterocycles. The Bertz CT molecular complexity index is 308. The van der Waals surface area contributed by atoms with Gasteiger partial charge < -0.3 is 20.7 Å². The Balaban J connectivity index is 2.03. The van der Waals surface area contributed by atoms with Crippen molar-refractivity contribution in [3.8, 4) is 0 Å². The lowest BCUT2D eigenvalue weighted by atomic mass is 9.94. The zero-order valence-electron chi connectivity index (χ0n) is 14.0. The number of rotatable bonds is 13. The highest BCUT2D eigenvalue weighted by Crippen LogP contribution is 2.28. The maximum Gasteiger partial charge on any atom is 0.237 e. The second kappa shape index (κ2) is 9.38. The third-order valence-electron chi connectivity index (χ3n) is 4.25. The van der Waals surface area contributed by atoms with Crippen molar-refractivity contribution in [1.82, 2.24) is 10.2 Å². The molecule has 124 valence electrons. The van der Waals surface area contributed by atoms with Gasteiger partial charge in [0.2, 0.25) is 5.91 Å². The molecule has 0 aliphatic heterocycles. The second-order valence-corrected chi connectivity index (χ2v) is 6.51. The molecule has 0 spiro atoms. The van der Waals surface area contributed by atoms with E-state index < -0.39 is 5.54 Å². The molecule has 0 saturated heterocycles. The normalized spacial score (nSPS) is 17.9. The molecule has 1 saturated carbocycles. The van der Waals surface area contributed by atoms with Crippen molar-refractivity contribution >= 4 is 5.91 Å². The summed E-state index contributed by atoms with van der Waals surface area (Å²) in [7, 11) is 2.12. The van der Waals surface area contributed by atoms with Crippen LogP contribution in [-0.4, -0.2) is 56.2 Å². The molecule has 1 amide bonds. The molecule has 0 bridgehead atoms. The zero-order chi connectivity index (χ0) is 15.7. The summed E-state index contributed by atoms with van der Waals surface area (Å²) in [6, 6.07) is 0. The summed E-state index contributed by atoms with van der Waals surface area (Å²) < 4.78 is 5.64. The number of nitrogens with zero attached hydrogens (tertiary/aromatic N) is 1. The minimum atomic E-state index is -0.569. The fourth-order valence-electron chi connectivity index (χ4n) is 2.42.